The highest BCUT2D eigenvalue weighted by molar-refractivity contribution is 7.93. The number of sulfonamides is 1. The van der Waals surface area contributed by atoms with Crippen LogP contribution in [0.4, 0.5) is 5.69 Å². The van der Waals surface area contributed by atoms with E-state index < -0.39 is 27.5 Å². The summed E-state index contributed by atoms with van der Waals surface area (Å²) in [7, 11) is 1.66. The summed E-state index contributed by atoms with van der Waals surface area (Å²) in [5.74, 6) is -0.412. The molecule has 1 saturated heterocycles. The van der Waals surface area contributed by atoms with E-state index in [2.05, 4.69) is 0 Å². The number of benzene rings is 3. The summed E-state index contributed by atoms with van der Waals surface area (Å²) in [5, 5.41) is 0.271. The Bertz CT molecular complexity index is 1680. The van der Waals surface area contributed by atoms with E-state index in [1.54, 1.807) is 31.1 Å². The second-order valence-electron chi connectivity index (χ2n) is 10.3. The zero-order chi connectivity index (χ0) is 30.4. The molecule has 2 heterocycles. The molecule has 3 aromatic carbocycles. The summed E-state index contributed by atoms with van der Waals surface area (Å²) in [5.41, 5.74) is -0.862. The lowest BCUT2D eigenvalue weighted by atomic mass is 9.80. The van der Waals surface area contributed by atoms with Gasteiger partial charge in [0, 0.05) is 42.4 Å². The van der Waals surface area contributed by atoms with Crippen molar-refractivity contribution in [1.82, 2.24) is 9.80 Å². The Balaban J connectivity index is 1.85. The molecule has 0 bridgehead atoms. The number of likely N-dealkylation sites (N-methyl/N-ethyl adjacent to an activating group) is 1. The molecular formula is C30H30ClN3O7S. The lowest BCUT2D eigenvalue weighted by Crippen LogP contribution is -2.59. The number of ether oxygens (including phenoxy) is 2. The van der Waals surface area contributed by atoms with E-state index in [1.165, 1.54) is 67.7 Å². The molecule has 0 aromatic heterocycles. The van der Waals surface area contributed by atoms with E-state index in [9.17, 15) is 18.0 Å². The van der Waals surface area contributed by atoms with Crippen molar-refractivity contribution >= 4 is 45.4 Å². The molecule has 0 aliphatic carbocycles. The minimum atomic E-state index is -4.47. The molecule has 2 aliphatic heterocycles. The van der Waals surface area contributed by atoms with Gasteiger partial charge in [-0.05, 0) is 61.4 Å². The van der Waals surface area contributed by atoms with Crippen molar-refractivity contribution < 1.29 is 32.3 Å². The number of rotatable bonds is 8. The van der Waals surface area contributed by atoms with Crippen molar-refractivity contribution in [3.8, 4) is 11.5 Å². The van der Waals surface area contributed by atoms with Crippen molar-refractivity contribution in [1.29, 1.82) is 0 Å². The minimum Gasteiger partial charge on any atom is -0.497 e. The first-order valence-electron chi connectivity index (χ1n) is 13.2. The third-order valence-electron chi connectivity index (χ3n) is 7.82. The number of aldehydes is 1. The molecule has 0 saturated carbocycles. The van der Waals surface area contributed by atoms with Crippen LogP contribution in [0.15, 0.2) is 65.6 Å². The molecule has 1 fully saturated rings. The van der Waals surface area contributed by atoms with Gasteiger partial charge < -0.3 is 14.4 Å². The van der Waals surface area contributed by atoms with E-state index in [4.69, 9.17) is 21.1 Å². The molecule has 0 N–H and O–H groups in total. The Morgan fingerprint density at radius 2 is 1.74 bits per heavy atom. The molecule has 10 nitrogen and oxygen atoms in total. The van der Waals surface area contributed by atoms with Crippen LogP contribution in [0.3, 0.4) is 0 Å². The maximum Gasteiger partial charge on any atom is 0.271 e. The fourth-order valence-electron chi connectivity index (χ4n) is 5.93. The van der Waals surface area contributed by atoms with Crippen LogP contribution in [-0.2, 0) is 25.2 Å². The highest BCUT2D eigenvalue weighted by Crippen LogP contribution is 2.55. The van der Waals surface area contributed by atoms with Crippen LogP contribution in [0, 0.1) is 0 Å². The molecule has 42 heavy (non-hydrogen) atoms. The Hall–Kier alpha value is -3.93. The van der Waals surface area contributed by atoms with Crippen LogP contribution >= 0.6 is 11.6 Å². The zero-order valence-corrected chi connectivity index (χ0v) is 25.1. The van der Waals surface area contributed by atoms with Crippen LogP contribution in [0.2, 0.25) is 5.02 Å². The number of halogens is 1. The largest absolute Gasteiger partial charge is 0.497 e. The van der Waals surface area contributed by atoms with Gasteiger partial charge in [-0.25, -0.2) is 12.7 Å². The summed E-state index contributed by atoms with van der Waals surface area (Å²) < 4.78 is 40.2. The molecule has 2 amide bonds. The molecule has 2 aliphatic rings. The van der Waals surface area contributed by atoms with E-state index in [0.29, 0.717) is 37.0 Å². The van der Waals surface area contributed by atoms with E-state index in [1.807, 2.05) is 0 Å². The van der Waals surface area contributed by atoms with Gasteiger partial charge in [0.15, 0.2) is 5.54 Å². The Kier molecular flexibility index (Phi) is 7.78. The van der Waals surface area contributed by atoms with Crippen LogP contribution < -0.4 is 13.8 Å². The molecular weight excluding hydrogens is 582 g/mol. The number of hydrogen-bond acceptors (Lipinski definition) is 8. The van der Waals surface area contributed by atoms with Gasteiger partial charge in [0.2, 0.25) is 5.91 Å². The maximum absolute atomic E-state index is 15.1. The van der Waals surface area contributed by atoms with Gasteiger partial charge in [-0.1, -0.05) is 23.7 Å². The van der Waals surface area contributed by atoms with E-state index >= 15 is 4.79 Å². The number of carbonyl (C=O) groups excluding carboxylic acids is 3. The zero-order valence-electron chi connectivity index (χ0n) is 23.5. The fourth-order valence-corrected chi connectivity index (χ4v) is 7.57. The quantitative estimate of drug-likeness (QED) is 0.354. The average molecular weight is 612 g/mol. The average Bonchev–Trinajstić information content (AvgIpc) is 3.57. The fraction of sp³-hybridized carbons (Fsp3) is 0.300. The summed E-state index contributed by atoms with van der Waals surface area (Å²) in [6.07, 6.45) is 1.67. The highest BCUT2D eigenvalue weighted by Gasteiger charge is 2.63. The monoisotopic (exact) mass is 611 g/mol. The first-order valence-corrected chi connectivity index (χ1v) is 15.0. The molecule has 0 spiro atoms. The number of hydrogen-bond donors (Lipinski definition) is 0. The lowest BCUT2D eigenvalue weighted by Gasteiger charge is -2.42. The number of amides is 2. The number of carbonyl (C=O) groups is 3. The topological polar surface area (TPSA) is 114 Å². The van der Waals surface area contributed by atoms with Crippen LogP contribution in [0.1, 0.15) is 34.3 Å². The molecule has 2 atom stereocenters. The second-order valence-corrected chi connectivity index (χ2v) is 12.5. The predicted octanol–water partition coefficient (Wildman–Crippen LogP) is 3.70. The van der Waals surface area contributed by atoms with Gasteiger partial charge in [-0.15, -0.1) is 0 Å². The van der Waals surface area contributed by atoms with Crippen molar-refractivity contribution in [2.24, 2.45) is 0 Å². The van der Waals surface area contributed by atoms with Crippen LogP contribution in [0.5, 0.6) is 11.5 Å². The van der Waals surface area contributed by atoms with Gasteiger partial charge in [0.25, 0.3) is 15.9 Å². The minimum absolute atomic E-state index is 0.102. The number of methoxy groups -OCH3 is 2. The first kappa shape index (κ1) is 29.6. The predicted molar refractivity (Wildman–Crippen MR) is 157 cm³/mol. The van der Waals surface area contributed by atoms with Crippen molar-refractivity contribution in [3.05, 3.63) is 82.4 Å². The molecule has 5 rings (SSSR count). The van der Waals surface area contributed by atoms with Crippen molar-refractivity contribution in [2.45, 2.75) is 29.3 Å². The van der Waals surface area contributed by atoms with E-state index in [-0.39, 0.29) is 38.4 Å². The molecule has 1 unspecified atom stereocenters. The number of anilines is 1. The number of likely N-dealkylation sites (tertiary alicyclic amines) is 1. The first-order chi connectivity index (χ1) is 20.0. The van der Waals surface area contributed by atoms with E-state index in [0.717, 1.165) is 4.31 Å². The maximum atomic E-state index is 15.1. The second kappa shape index (κ2) is 11.0. The van der Waals surface area contributed by atoms with Gasteiger partial charge in [-0.2, -0.15) is 0 Å². The number of nitrogens with zero attached hydrogens (tertiary/aromatic N) is 3. The summed E-state index contributed by atoms with van der Waals surface area (Å²) in [4.78, 5) is 43.3. The normalized spacial score (nSPS) is 20.4. The molecule has 220 valence electrons. The third kappa shape index (κ3) is 4.43. The van der Waals surface area contributed by atoms with Gasteiger partial charge in [0.1, 0.15) is 17.8 Å². The lowest BCUT2D eigenvalue weighted by molar-refractivity contribution is -0.138. The summed E-state index contributed by atoms with van der Waals surface area (Å²) >= 11 is 6.51. The van der Waals surface area contributed by atoms with Gasteiger partial charge >= 0.3 is 0 Å². The summed E-state index contributed by atoms with van der Waals surface area (Å²) in [6.45, 7) is 0.303. The standard InChI is InChI=1S/C30H30ClN3O7S/c1-32(2)28(36)26-6-5-15-33(26)30(23-13-7-19(18-35)16-27(23)41-4)24-17-20(31)8-14-25(24)34(29(30)37)42(38,39)22-11-9-21(40-3)10-12-22/h7-14,16-18,26H,5-6,15H2,1-4H3/t26?,30-/m1/s1. The third-order valence-corrected chi connectivity index (χ3v) is 9.77. The number of fused-ring (bicyclic) bond motifs is 1. The SMILES string of the molecule is COc1ccc(S(=O)(=O)N2C(=O)[C@](c3ccc(C=O)cc3OC)(N3CCCC3C(=O)N(C)C)c3cc(Cl)ccc32)cc1. The Labute approximate surface area is 249 Å². The van der Waals surface area contributed by atoms with Crippen LogP contribution in [-0.4, -0.2) is 77.2 Å². The molecule has 0 radical (unpaired) electrons. The van der Waals surface area contributed by atoms with Crippen LogP contribution in [0.25, 0.3) is 0 Å². The van der Waals surface area contributed by atoms with Crippen molar-refractivity contribution in [2.75, 3.05) is 39.2 Å². The highest BCUT2D eigenvalue weighted by atomic mass is 35.5. The summed E-state index contributed by atoms with van der Waals surface area (Å²) in [6, 6.07) is 14.1. The van der Waals surface area contributed by atoms with Gasteiger partial charge in [-0.3, -0.25) is 19.3 Å². The van der Waals surface area contributed by atoms with Gasteiger partial charge in [0.05, 0.1) is 30.8 Å². The Morgan fingerprint density at radius 1 is 1.02 bits per heavy atom. The smallest absolute Gasteiger partial charge is 0.271 e. The molecule has 12 heteroatoms. The van der Waals surface area contributed by atoms with Crippen molar-refractivity contribution in [3.63, 3.8) is 0 Å². The molecule has 3 aromatic rings. The Morgan fingerprint density at radius 3 is 2.36 bits per heavy atom.